The van der Waals surface area contributed by atoms with Crippen molar-refractivity contribution in [3.05, 3.63) is 119 Å². The van der Waals surface area contributed by atoms with Crippen molar-refractivity contribution in [2.24, 2.45) is 0 Å². The van der Waals surface area contributed by atoms with Crippen molar-refractivity contribution in [3.8, 4) is 28.7 Å². The first-order valence-electron chi connectivity index (χ1n) is 13.8. The summed E-state index contributed by atoms with van der Waals surface area (Å²) in [5.74, 6) is 3.78. The van der Waals surface area contributed by atoms with Crippen molar-refractivity contribution < 1.29 is 28.5 Å². The quantitative estimate of drug-likeness (QED) is 0.178. The Balaban J connectivity index is 1.34. The zero-order valence-corrected chi connectivity index (χ0v) is 24.2. The van der Waals surface area contributed by atoms with Gasteiger partial charge in [0.1, 0.15) is 42.0 Å². The Kier molecular flexibility index (Phi) is 9.29. The van der Waals surface area contributed by atoms with E-state index in [0.717, 1.165) is 45.1 Å². The van der Waals surface area contributed by atoms with Crippen LogP contribution in [-0.2, 0) is 24.6 Å². The second-order valence-electron chi connectivity index (χ2n) is 9.97. The van der Waals surface area contributed by atoms with Crippen LogP contribution in [0.2, 0.25) is 0 Å². The number of hydrogen-bond acceptors (Lipinski definition) is 6. The van der Waals surface area contributed by atoms with Gasteiger partial charge in [0.25, 0.3) is 0 Å². The molecule has 1 aliphatic heterocycles. The number of carbonyl (C=O) groups is 1. The highest BCUT2D eigenvalue weighted by atomic mass is 16.5. The predicted octanol–water partition coefficient (Wildman–Crippen LogP) is 6.69. The van der Waals surface area contributed by atoms with E-state index in [1.54, 1.807) is 21.3 Å². The smallest absolute Gasteiger partial charge is 0.250 e. The molecule has 1 heterocycles. The summed E-state index contributed by atoms with van der Waals surface area (Å²) in [4.78, 5) is 15.2. The predicted molar refractivity (Wildman–Crippen MR) is 162 cm³/mol. The van der Waals surface area contributed by atoms with Crippen LogP contribution >= 0.6 is 0 Å². The van der Waals surface area contributed by atoms with Gasteiger partial charge in [0.15, 0.2) is 0 Å². The molecule has 1 fully saturated rings. The van der Waals surface area contributed by atoms with Crippen LogP contribution in [0.25, 0.3) is 6.08 Å². The number of likely N-dealkylation sites (tertiary alicyclic amines) is 1. The number of carbonyl (C=O) groups excluding carboxylic acids is 1. The number of rotatable bonds is 12. The summed E-state index contributed by atoms with van der Waals surface area (Å²) in [5, 5.41) is 0. The van der Waals surface area contributed by atoms with Gasteiger partial charge in [-0.15, -0.1) is 0 Å². The first-order chi connectivity index (χ1) is 20.5. The van der Waals surface area contributed by atoms with Gasteiger partial charge in [0, 0.05) is 24.2 Å². The van der Waals surface area contributed by atoms with E-state index < -0.39 is 0 Å². The van der Waals surface area contributed by atoms with E-state index >= 15 is 0 Å². The van der Waals surface area contributed by atoms with E-state index in [-0.39, 0.29) is 5.91 Å². The molecule has 4 aromatic rings. The second kappa shape index (κ2) is 13.6. The average Bonchev–Trinajstić information content (AvgIpc) is 3.38. The molecule has 7 heteroatoms. The Morgan fingerprint density at radius 2 is 1.14 bits per heavy atom. The van der Waals surface area contributed by atoms with Crippen LogP contribution in [0.3, 0.4) is 0 Å². The van der Waals surface area contributed by atoms with Crippen LogP contribution in [-0.4, -0.2) is 38.7 Å². The molecule has 1 aliphatic rings. The number of methoxy groups -OCH3 is 3. The molecule has 0 radical (unpaired) electrons. The fourth-order valence-corrected chi connectivity index (χ4v) is 4.72. The number of benzene rings is 4. The lowest BCUT2D eigenvalue weighted by molar-refractivity contribution is -0.125. The van der Waals surface area contributed by atoms with E-state index in [0.29, 0.717) is 44.2 Å². The van der Waals surface area contributed by atoms with E-state index in [1.165, 1.54) is 0 Å². The highest BCUT2D eigenvalue weighted by Crippen LogP contribution is 2.31. The molecule has 1 saturated heterocycles. The lowest BCUT2D eigenvalue weighted by Crippen LogP contribution is -2.24. The summed E-state index contributed by atoms with van der Waals surface area (Å²) >= 11 is 0. The zero-order valence-electron chi connectivity index (χ0n) is 24.2. The van der Waals surface area contributed by atoms with E-state index in [9.17, 15) is 4.79 Å². The minimum absolute atomic E-state index is 0.0245. The Morgan fingerprint density at radius 3 is 1.69 bits per heavy atom. The average molecular weight is 566 g/mol. The van der Waals surface area contributed by atoms with Gasteiger partial charge in [0.2, 0.25) is 5.91 Å². The normalized spacial score (nSPS) is 13.7. The van der Waals surface area contributed by atoms with Crippen molar-refractivity contribution in [1.29, 1.82) is 0 Å². The lowest BCUT2D eigenvalue weighted by atomic mass is 10.1. The van der Waals surface area contributed by atoms with Crippen LogP contribution in [0, 0.1) is 0 Å². The number of hydrogen-bond donors (Lipinski definition) is 0. The van der Waals surface area contributed by atoms with E-state index in [4.69, 9.17) is 23.7 Å². The largest absolute Gasteiger partial charge is 0.497 e. The Morgan fingerprint density at radius 1 is 0.643 bits per heavy atom. The van der Waals surface area contributed by atoms with Crippen molar-refractivity contribution in [2.75, 3.05) is 27.9 Å². The molecule has 0 N–H and O–H groups in total. The van der Waals surface area contributed by atoms with Gasteiger partial charge < -0.3 is 28.6 Å². The maximum atomic E-state index is 13.4. The first kappa shape index (κ1) is 28.6. The summed E-state index contributed by atoms with van der Waals surface area (Å²) < 4.78 is 28.1. The second-order valence-corrected chi connectivity index (χ2v) is 9.97. The van der Waals surface area contributed by atoms with Gasteiger partial charge >= 0.3 is 0 Å². The van der Waals surface area contributed by atoms with Crippen LogP contribution in [0.4, 0.5) is 0 Å². The third kappa shape index (κ3) is 7.23. The summed E-state index contributed by atoms with van der Waals surface area (Å²) in [6, 6.07) is 29.1. The third-order valence-corrected chi connectivity index (χ3v) is 7.17. The molecule has 4 aromatic carbocycles. The fourth-order valence-electron chi connectivity index (χ4n) is 4.72. The highest BCUT2D eigenvalue weighted by Gasteiger charge is 2.26. The summed E-state index contributed by atoms with van der Waals surface area (Å²) in [6.07, 6.45) is 2.59. The topological polar surface area (TPSA) is 66.5 Å². The van der Waals surface area contributed by atoms with Crippen LogP contribution in [0.5, 0.6) is 28.7 Å². The molecule has 42 heavy (non-hydrogen) atoms. The minimum atomic E-state index is 0.0245. The number of amides is 1. The SMILES string of the molecule is COc1ccc(COc2ccc(OCc3ccc(OC)cc3)c(/C=C3\CCN(Cc4ccc(OC)cc4)C3=O)c2)cc1. The van der Waals surface area contributed by atoms with Crippen molar-refractivity contribution in [1.82, 2.24) is 4.90 Å². The van der Waals surface area contributed by atoms with Gasteiger partial charge in [-0.3, -0.25) is 4.79 Å². The monoisotopic (exact) mass is 565 g/mol. The zero-order chi connectivity index (χ0) is 29.3. The van der Waals surface area contributed by atoms with Crippen LogP contribution in [0.15, 0.2) is 96.6 Å². The summed E-state index contributed by atoms with van der Waals surface area (Å²) in [7, 11) is 4.93. The van der Waals surface area contributed by atoms with Crippen molar-refractivity contribution in [3.63, 3.8) is 0 Å². The number of nitrogens with zero attached hydrogens (tertiary/aromatic N) is 1. The third-order valence-electron chi connectivity index (χ3n) is 7.17. The Labute approximate surface area is 246 Å². The molecule has 7 nitrogen and oxygen atoms in total. The maximum absolute atomic E-state index is 13.4. The van der Waals surface area contributed by atoms with Crippen molar-refractivity contribution >= 4 is 12.0 Å². The molecule has 0 atom stereocenters. The van der Waals surface area contributed by atoms with Crippen LogP contribution in [0.1, 0.15) is 28.7 Å². The van der Waals surface area contributed by atoms with Gasteiger partial charge in [-0.2, -0.15) is 0 Å². The molecule has 0 bridgehead atoms. The van der Waals surface area contributed by atoms with Gasteiger partial charge in [0.05, 0.1) is 21.3 Å². The minimum Gasteiger partial charge on any atom is -0.497 e. The molecule has 5 rings (SSSR count). The molecule has 216 valence electrons. The summed E-state index contributed by atoms with van der Waals surface area (Å²) in [6.45, 7) is 1.99. The Bertz CT molecular complexity index is 1510. The number of ether oxygens (including phenoxy) is 5. The molecular formula is C35H35NO6. The first-order valence-corrected chi connectivity index (χ1v) is 13.8. The maximum Gasteiger partial charge on any atom is 0.250 e. The molecule has 0 aliphatic carbocycles. The lowest BCUT2D eigenvalue weighted by Gasteiger charge is -2.16. The molecule has 1 amide bonds. The van der Waals surface area contributed by atoms with Crippen molar-refractivity contribution in [2.45, 2.75) is 26.2 Å². The molecular weight excluding hydrogens is 530 g/mol. The molecule has 0 saturated carbocycles. The highest BCUT2D eigenvalue weighted by molar-refractivity contribution is 6.00. The van der Waals surface area contributed by atoms with Gasteiger partial charge in [-0.25, -0.2) is 0 Å². The fraction of sp³-hybridized carbons (Fsp3) is 0.229. The van der Waals surface area contributed by atoms with E-state index in [2.05, 4.69) is 0 Å². The molecule has 0 unspecified atom stereocenters. The standard InChI is InChI=1S/C35H35NO6/c1-38-30-10-4-25(5-11-30)22-36-19-18-28(35(36)37)20-29-21-33(41-23-26-6-12-31(39-2)13-7-26)16-17-34(29)42-24-27-8-14-32(40-3)15-9-27/h4-17,20-21H,18-19,22-24H2,1-3H3/b28-20+. The summed E-state index contributed by atoms with van der Waals surface area (Å²) in [5.41, 5.74) is 4.63. The van der Waals surface area contributed by atoms with Gasteiger partial charge in [-0.1, -0.05) is 36.4 Å². The molecule has 0 spiro atoms. The van der Waals surface area contributed by atoms with Crippen LogP contribution < -0.4 is 23.7 Å². The van der Waals surface area contributed by atoms with E-state index in [1.807, 2.05) is 102 Å². The Hall–Kier alpha value is -4.91. The van der Waals surface area contributed by atoms with Gasteiger partial charge in [-0.05, 0) is 83.8 Å². The molecule has 0 aromatic heterocycles.